The molecule has 1 atom stereocenters. The highest BCUT2D eigenvalue weighted by molar-refractivity contribution is 5.95. The van der Waals surface area contributed by atoms with Crippen molar-refractivity contribution in [2.75, 3.05) is 14.2 Å². The number of methoxy groups -OCH3 is 1. The molecule has 2 aromatic carbocycles. The Morgan fingerprint density at radius 2 is 1.83 bits per heavy atom. The van der Waals surface area contributed by atoms with Crippen LogP contribution in [-0.4, -0.2) is 36.9 Å². The summed E-state index contributed by atoms with van der Waals surface area (Å²) < 4.78 is 10.4. The molecule has 2 amide bonds. The van der Waals surface area contributed by atoms with Crippen LogP contribution in [0, 0.1) is 5.92 Å². The van der Waals surface area contributed by atoms with Gasteiger partial charge in [0, 0.05) is 13.6 Å². The summed E-state index contributed by atoms with van der Waals surface area (Å²) in [5, 5.41) is 4.95. The van der Waals surface area contributed by atoms with E-state index < -0.39 is 11.9 Å². The molecule has 0 saturated carbocycles. The minimum atomic E-state index is -0.637. The second-order valence-corrected chi connectivity index (χ2v) is 7.41. The Hall–Kier alpha value is -3.28. The molecule has 0 aliphatic heterocycles. The van der Waals surface area contributed by atoms with Gasteiger partial charge in [-0.15, -0.1) is 0 Å². The lowest BCUT2D eigenvalue weighted by molar-refractivity contribution is -0.133. The first-order valence-corrected chi connectivity index (χ1v) is 9.55. The number of hydrogen-bond donors (Lipinski definition) is 1. The number of carbonyl (C=O) groups is 2. The van der Waals surface area contributed by atoms with Crippen molar-refractivity contribution >= 4 is 22.6 Å². The van der Waals surface area contributed by atoms with Gasteiger partial charge in [0.25, 0.3) is 5.91 Å². The summed E-state index contributed by atoms with van der Waals surface area (Å²) in [5.41, 5.74) is 1.01. The van der Waals surface area contributed by atoms with Gasteiger partial charge in [-0.05, 0) is 52.6 Å². The van der Waals surface area contributed by atoms with E-state index in [1.807, 2.05) is 44.2 Å². The monoisotopic (exact) mass is 394 g/mol. The highest BCUT2D eigenvalue weighted by atomic mass is 16.5. The lowest BCUT2D eigenvalue weighted by Crippen LogP contribution is -2.49. The number of rotatable bonds is 7. The third kappa shape index (κ3) is 4.77. The van der Waals surface area contributed by atoms with E-state index in [0.29, 0.717) is 6.54 Å². The van der Waals surface area contributed by atoms with Crippen molar-refractivity contribution in [2.45, 2.75) is 26.4 Å². The molecule has 0 aliphatic rings. The van der Waals surface area contributed by atoms with Crippen molar-refractivity contribution in [3.63, 3.8) is 0 Å². The Balaban J connectivity index is 1.72. The first kappa shape index (κ1) is 20.5. The van der Waals surface area contributed by atoms with Crippen LogP contribution < -0.4 is 10.1 Å². The second kappa shape index (κ2) is 8.82. The van der Waals surface area contributed by atoms with E-state index in [2.05, 4.69) is 11.4 Å². The number of nitrogens with one attached hydrogen (secondary N) is 1. The number of fused-ring (bicyclic) bond motifs is 1. The van der Waals surface area contributed by atoms with Gasteiger partial charge >= 0.3 is 0 Å². The quantitative estimate of drug-likeness (QED) is 0.661. The van der Waals surface area contributed by atoms with E-state index in [9.17, 15) is 9.59 Å². The molecule has 0 spiro atoms. The largest absolute Gasteiger partial charge is 0.497 e. The van der Waals surface area contributed by atoms with Crippen molar-refractivity contribution in [3.8, 4) is 5.75 Å². The van der Waals surface area contributed by atoms with Crippen LogP contribution >= 0.6 is 0 Å². The molecule has 1 N–H and O–H groups in total. The molecule has 1 aromatic heterocycles. The first-order valence-electron chi connectivity index (χ1n) is 9.55. The number of benzene rings is 2. The Bertz CT molecular complexity index is 995. The second-order valence-electron chi connectivity index (χ2n) is 7.41. The van der Waals surface area contributed by atoms with E-state index in [1.165, 1.54) is 6.26 Å². The van der Waals surface area contributed by atoms with Crippen LogP contribution in [-0.2, 0) is 11.3 Å². The zero-order valence-corrected chi connectivity index (χ0v) is 17.1. The van der Waals surface area contributed by atoms with E-state index in [4.69, 9.17) is 9.15 Å². The molecule has 0 saturated heterocycles. The summed E-state index contributed by atoms with van der Waals surface area (Å²) in [6, 6.07) is 14.6. The summed E-state index contributed by atoms with van der Waals surface area (Å²) in [4.78, 5) is 27.0. The van der Waals surface area contributed by atoms with Gasteiger partial charge < -0.3 is 19.4 Å². The van der Waals surface area contributed by atoms with Crippen LogP contribution in [0.4, 0.5) is 0 Å². The first-order chi connectivity index (χ1) is 13.9. The minimum absolute atomic E-state index is 0.0621. The third-order valence-corrected chi connectivity index (χ3v) is 4.87. The van der Waals surface area contributed by atoms with Gasteiger partial charge in [-0.2, -0.15) is 0 Å². The number of amides is 2. The molecule has 6 nitrogen and oxygen atoms in total. The maximum atomic E-state index is 13.0. The SMILES string of the molecule is COc1ccc2cc(CN(C)C(=O)C(NC(=O)c3ccco3)C(C)C)ccc2c1. The lowest BCUT2D eigenvalue weighted by Gasteiger charge is -2.27. The van der Waals surface area contributed by atoms with Crippen molar-refractivity contribution in [3.05, 3.63) is 66.1 Å². The Morgan fingerprint density at radius 3 is 2.48 bits per heavy atom. The molecule has 3 rings (SSSR count). The van der Waals surface area contributed by atoms with Crippen molar-refractivity contribution in [2.24, 2.45) is 5.92 Å². The van der Waals surface area contributed by atoms with Crippen LogP contribution in [0.2, 0.25) is 0 Å². The van der Waals surface area contributed by atoms with Crippen LogP contribution in [0.25, 0.3) is 10.8 Å². The van der Waals surface area contributed by atoms with E-state index in [0.717, 1.165) is 22.1 Å². The van der Waals surface area contributed by atoms with E-state index >= 15 is 0 Å². The topological polar surface area (TPSA) is 71.8 Å². The van der Waals surface area contributed by atoms with Gasteiger partial charge in [-0.25, -0.2) is 0 Å². The van der Waals surface area contributed by atoms with Gasteiger partial charge in [-0.3, -0.25) is 9.59 Å². The Kier molecular flexibility index (Phi) is 6.22. The molecule has 0 radical (unpaired) electrons. The zero-order chi connectivity index (χ0) is 21.0. The number of nitrogens with zero attached hydrogens (tertiary/aromatic N) is 1. The molecule has 3 aromatic rings. The van der Waals surface area contributed by atoms with Crippen LogP contribution in [0.5, 0.6) is 5.75 Å². The normalized spacial score (nSPS) is 12.0. The molecule has 1 heterocycles. The zero-order valence-electron chi connectivity index (χ0n) is 17.1. The number of likely N-dealkylation sites (N-methyl/N-ethyl adjacent to an activating group) is 1. The predicted octanol–water partition coefficient (Wildman–Crippen LogP) is 3.85. The van der Waals surface area contributed by atoms with E-state index in [1.54, 1.807) is 31.2 Å². The predicted molar refractivity (Wildman–Crippen MR) is 112 cm³/mol. The average molecular weight is 394 g/mol. The fraction of sp³-hybridized carbons (Fsp3) is 0.304. The molecular formula is C23H26N2O4. The highest BCUT2D eigenvalue weighted by Crippen LogP contribution is 2.22. The Labute approximate surface area is 170 Å². The number of furan rings is 1. The molecular weight excluding hydrogens is 368 g/mol. The molecule has 1 unspecified atom stereocenters. The maximum absolute atomic E-state index is 13.0. The Morgan fingerprint density at radius 1 is 1.10 bits per heavy atom. The van der Waals surface area contributed by atoms with Crippen LogP contribution in [0.3, 0.4) is 0 Å². The molecule has 152 valence electrons. The van der Waals surface area contributed by atoms with Crippen LogP contribution in [0.15, 0.2) is 59.2 Å². The molecule has 0 aliphatic carbocycles. The molecule has 0 bridgehead atoms. The van der Waals surface area contributed by atoms with Crippen LogP contribution in [0.1, 0.15) is 30.0 Å². The molecule has 6 heteroatoms. The maximum Gasteiger partial charge on any atom is 0.287 e. The van der Waals surface area contributed by atoms with Gasteiger partial charge in [0.15, 0.2) is 5.76 Å². The minimum Gasteiger partial charge on any atom is -0.497 e. The number of hydrogen-bond acceptors (Lipinski definition) is 4. The van der Waals surface area contributed by atoms with Gasteiger partial charge in [-0.1, -0.05) is 32.0 Å². The van der Waals surface area contributed by atoms with Gasteiger partial charge in [0.2, 0.25) is 5.91 Å². The molecule has 0 fully saturated rings. The van der Waals surface area contributed by atoms with E-state index in [-0.39, 0.29) is 17.6 Å². The third-order valence-electron chi connectivity index (χ3n) is 4.87. The summed E-state index contributed by atoms with van der Waals surface area (Å²) in [6.07, 6.45) is 1.43. The van der Waals surface area contributed by atoms with Gasteiger partial charge in [0.1, 0.15) is 11.8 Å². The van der Waals surface area contributed by atoms with Crippen molar-refractivity contribution in [1.29, 1.82) is 0 Å². The lowest BCUT2D eigenvalue weighted by atomic mass is 10.0. The average Bonchev–Trinajstić information content (AvgIpc) is 3.25. The van der Waals surface area contributed by atoms with Gasteiger partial charge in [0.05, 0.1) is 13.4 Å². The number of ether oxygens (including phenoxy) is 1. The standard InChI is InChI=1S/C23H26N2O4/c1-15(2)21(24-22(26)20-6-5-11-29-20)23(27)25(3)14-16-7-8-18-13-19(28-4)10-9-17(18)12-16/h5-13,15,21H,14H2,1-4H3,(H,24,26). The van der Waals surface area contributed by atoms with Crippen molar-refractivity contribution in [1.82, 2.24) is 10.2 Å². The van der Waals surface area contributed by atoms with Crippen molar-refractivity contribution < 1.29 is 18.7 Å². The number of carbonyl (C=O) groups excluding carboxylic acids is 2. The summed E-state index contributed by atoms with van der Waals surface area (Å²) in [7, 11) is 3.39. The fourth-order valence-electron chi connectivity index (χ4n) is 3.22. The fourth-order valence-corrected chi connectivity index (χ4v) is 3.22. The summed E-state index contributed by atoms with van der Waals surface area (Å²) in [6.45, 7) is 4.26. The smallest absolute Gasteiger partial charge is 0.287 e. The summed E-state index contributed by atoms with van der Waals surface area (Å²) >= 11 is 0. The highest BCUT2D eigenvalue weighted by Gasteiger charge is 2.28. The molecule has 29 heavy (non-hydrogen) atoms. The summed E-state index contributed by atoms with van der Waals surface area (Å²) in [5.74, 6) is 0.401.